The molecule has 2 heterocycles. The fraction of sp³-hybridized carbons (Fsp3) is 0.522. The maximum absolute atomic E-state index is 12.5. The third-order valence-electron chi connectivity index (χ3n) is 6.32. The third kappa shape index (κ3) is 4.90. The number of piperazine rings is 1. The minimum absolute atomic E-state index is 0.0732. The number of amides is 2. The van der Waals surface area contributed by atoms with Crippen LogP contribution < -0.4 is 10.9 Å². The van der Waals surface area contributed by atoms with E-state index in [-0.39, 0.29) is 23.8 Å². The number of aromatic amines is 1. The van der Waals surface area contributed by atoms with Gasteiger partial charge >= 0.3 is 0 Å². The number of rotatable bonds is 6. The van der Waals surface area contributed by atoms with E-state index in [4.69, 9.17) is 0 Å². The smallest absolute Gasteiger partial charge is 0.252 e. The highest BCUT2D eigenvalue weighted by molar-refractivity contribution is 5.82. The fourth-order valence-electron chi connectivity index (χ4n) is 4.54. The summed E-state index contributed by atoms with van der Waals surface area (Å²) in [5.74, 6) is 0.431. The van der Waals surface area contributed by atoms with E-state index in [1.165, 1.54) is 12.8 Å². The predicted molar refractivity (Wildman–Crippen MR) is 116 cm³/mol. The normalized spacial score (nSPS) is 18.1. The Morgan fingerprint density at radius 1 is 1.07 bits per heavy atom. The first-order valence-corrected chi connectivity index (χ1v) is 11.0. The van der Waals surface area contributed by atoms with Crippen molar-refractivity contribution in [2.24, 2.45) is 5.92 Å². The molecule has 1 aliphatic heterocycles. The van der Waals surface area contributed by atoms with Crippen LogP contribution in [0.4, 0.5) is 0 Å². The highest BCUT2D eigenvalue weighted by Crippen LogP contribution is 2.26. The Balaban J connectivity index is 1.20. The summed E-state index contributed by atoms with van der Waals surface area (Å²) in [6, 6.07) is 9.33. The van der Waals surface area contributed by atoms with Gasteiger partial charge in [0.25, 0.3) is 5.56 Å². The van der Waals surface area contributed by atoms with Gasteiger partial charge < -0.3 is 15.2 Å². The molecule has 2 N–H and O–H groups in total. The number of carbonyl (C=O) groups excluding carboxylic acids is 2. The molecule has 2 amide bonds. The monoisotopic (exact) mass is 410 g/mol. The summed E-state index contributed by atoms with van der Waals surface area (Å²) in [4.78, 5) is 44.1. The zero-order valence-corrected chi connectivity index (χ0v) is 17.4. The van der Waals surface area contributed by atoms with Gasteiger partial charge in [-0.2, -0.15) is 0 Å². The lowest BCUT2D eigenvalue weighted by Gasteiger charge is -2.36. The molecular weight excluding hydrogens is 380 g/mol. The van der Waals surface area contributed by atoms with Gasteiger partial charge in [-0.05, 0) is 30.4 Å². The maximum Gasteiger partial charge on any atom is 0.252 e. The van der Waals surface area contributed by atoms with Crippen LogP contribution in [0.2, 0.25) is 0 Å². The third-order valence-corrected chi connectivity index (χ3v) is 6.32. The summed E-state index contributed by atoms with van der Waals surface area (Å²) < 4.78 is 0. The van der Waals surface area contributed by atoms with Gasteiger partial charge in [0.1, 0.15) is 0 Å². The Hall–Kier alpha value is -2.67. The second-order valence-electron chi connectivity index (χ2n) is 8.39. The number of hydrogen-bond acceptors (Lipinski definition) is 4. The molecule has 0 spiro atoms. The average Bonchev–Trinajstić information content (AvgIpc) is 3.29. The van der Waals surface area contributed by atoms with Crippen LogP contribution in [0, 0.1) is 5.92 Å². The molecule has 1 saturated carbocycles. The van der Waals surface area contributed by atoms with E-state index in [2.05, 4.69) is 15.2 Å². The molecule has 1 saturated heterocycles. The first kappa shape index (κ1) is 20.6. The standard InChI is InChI=1S/C23H30N4O3/c28-21(16-19-15-18-7-3-4-8-20(18)25-22(19)29)24-9-10-26-11-13-27(14-12-26)23(30)17-5-1-2-6-17/h3-4,7-8,15,17H,1-2,5-6,9-14,16H2,(H,24,28)(H,25,29). The average molecular weight is 411 g/mol. The largest absolute Gasteiger partial charge is 0.355 e. The second kappa shape index (κ2) is 9.43. The number of hydrogen-bond donors (Lipinski definition) is 2. The Labute approximate surface area is 176 Å². The van der Waals surface area contributed by atoms with Crippen LogP contribution in [0.15, 0.2) is 35.1 Å². The molecule has 2 aliphatic rings. The van der Waals surface area contributed by atoms with Crippen molar-refractivity contribution >= 4 is 22.7 Å². The first-order chi connectivity index (χ1) is 14.6. The lowest BCUT2D eigenvalue weighted by molar-refractivity contribution is -0.137. The lowest BCUT2D eigenvalue weighted by atomic mass is 10.1. The molecule has 7 heteroatoms. The summed E-state index contributed by atoms with van der Waals surface area (Å²) >= 11 is 0. The van der Waals surface area contributed by atoms with Gasteiger partial charge in [0.15, 0.2) is 0 Å². The molecule has 160 valence electrons. The summed E-state index contributed by atoms with van der Waals surface area (Å²) in [6.07, 6.45) is 4.53. The predicted octanol–water partition coefficient (Wildman–Crippen LogP) is 1.52. The summed E-state index contributed by atoms with van der Waals surface area (Å²) in [7, 11) is 0. The summed E-state index contributed by atoms with van der Waals surface area (Å²) in [5.41, 5.74) is 1.04. The Bertz CT molecular complexity index is 956. The molecule has 0 unspecified atom stereocenters. The van der Waals surface area contributed by atoms with Crippen LogP contribution >= 0.6 is 0 Å². The van der Waals surface area contributed by atoms with E-state index in [1.807, 2.05) is 29.2 Å². The van der Waals surface area contributed by atoms with Crippen molar-refractivity contribution < 1.29 is 9.59 Å². The number of benzene rings is 1. The molecule has 2 fully saturated rings. The van der Waals surface area contributed by atoms with Crippen molar-refractivity contribution in [2.45, 2.75) is 32.1 Å². The van der Waals surface area contributed by atoms with Crippen LogP contribution in [-0.4, -0.2) is 65.9 Å². The highest BCUT2D eigenvalue weighted by Gasteiger charge is 2.29. The van der Waals surface area contributed by atoms with Crippen LogP contribution in [0.25, 0.3) is 10.9 Å². The minimum atomic E-state index is -0.216. The lowest BCUT2D eigenvalue weighted by Crippen LogP contribution is -2.51. The van der Waals surface area contributed by atoms with Crippen LogP contribution in [-0.2, 0) is 16.0 Å². The van der Waals surface area contributed by atoms with E-state index in [0.29, 0.717) is 18.0 Å². The zero-order chi connectivity index (χ0) is 20.9. The van der Waals surface area contributed by atoms with E-state index in [9.17, 15) is 14.4 Å². The van der Waals surface area contributed by atoms with Crippen molar-refractivity contribution in [2.75, 3.05) is 39.3 Å². The molecule has 0 bridgehead atoms. The van der Waals surface area contributed by atoms with E-state index in [0.717, 1.165) is 56.5 Å². The molecule has 0 radical (unpaired) electrons. The zero-order valence-electron chi connectivity index (χ0n) is 17.4. The van der Waals surface area contributed by atoms with Gasteiger partial charge in [-0.3, -0.25) is 19.3 Å². The molecule has 7 nitrogen and oxygen atoms in total. The Morgan fingerprint density at radius 2 is 1.80 bits per heavy atom. The molecule has 0 atom stereocenters. The number of fused-ring (bicyclic) bond motifs is 1. The van der Waals surface area contributed by atoms with Crippen molar-refractivity contribution in [3.63, 3.8) is 0 Å². The second-order valence-corrected chi connectivity index (χ2v) is 8.39. The number of nitrogens with zero attached hydrogens (tertiary/aromatic N) is 2. The number of para-hydroxylation sites is 1. The van der Waals surface area contributed by atoms with E-state index >= 15 is 0 Å². The molecule has 1 aliphatic carbocycles. The number of aromatic nitrogens is 1. The van der Waals surface area contributed by atoms with Gasteiger partial charge in [-0.15, -0.1) is 0 Å². The van der Waals surface area contributed by atoms with Crippen molar-refractivity contribution in [3.8, 4) is 0 Å². The van der Waals surface area contributed by atoms with Gasteiger partial charge in [-0.1, -0.05) is 31.0 Å². The van der Waals surface area contributed by atoms with Crippen LogP contribution in [0.5, 0.6) is 0 Å². The molecular formula is C23H30N4O3. The molecule has 2 aromatic rings. The molecule has 1 aromatic carbocycles. The van der Waals surface area contributed by atoms with Crippen molar-refractivity contribution in [1.29, 1.82) is 0 Å². The quantitative estimate of drug-likeness (QED) is 0.756. The van der Waals surface area contributed by atoms with E-state index < -0.39 is 0 Å². The van der Waals surface area contributed by atoms with Crippen LogP contribution in [0.3, 0.4) is 0 Å². The van der Waals surface area contributed by atoms with Gasteiger partial charge in [-0.25, -0.2) is 0 Å². The molecule has 4 rings (SSSR count). The Morgan fingerprint density at radius 3 is 2.57 bits per heavy atom. The molecule has 1 aromatic heterocycles. The number of nitrogens with one attached hydrogen (secondary N) is 2. The topological polar surface area (TPSA) is 85.5 Å². The maximum atomic E-state index is 12.5. The van der Waals surface area contributed by atoms with Gasteiger partial charge in [0.2, 0.25) is 11.8 Å². The summed E-state index contributed by atoms with van der Waals surface area (Å²) in [6.45, 7) is 4.54. The SMILES string of the molecule is O=C(Cc1cc2ccccc2[nH]c1=O)NCCN1CCN(C(=O)C2CCCC2)CC1. The van der Waals surface area contributed by atoms with Crippen molar-refractivity contribution in [3.05, 3.63) is 46.2 Å². The fourth-order valence-corrected chi connectivity index (χ4v) is 4.54. The number of H-pyrrole nitrogens is 1. The van der Waals surface area contributed by atoms with Crippen molar-refractivity contribution in [1.82, 2.24) is 20.1 Å². The van der Waals surface area contributed by atoms with E-state index in [1.54, 1.807) is 6.07 Å². The number of pyridine rings is 1. The van der Waals surface area contributed by atoms with Gasteiger partial charge in [0, 0.05) is 56.3 Å². The van der Waals surface area contributed by atoms with Crippen LogP contribution in [0.1, 0.15) is 31.2 Å². The van der Waals surface area contributed by atoms with Gasteiger partial charge in [0.05, 0.1) is 6.42 Å². The minimum Gasteiger partial charge on any atom is -0.355 e. The summed E-state index contributed by atoms with van der Waals surface area (Å²) in [5, 5.41) is 3.84. The first-order valence-electron chi connectivity index (χ1n) is 11.0. The molecule has 30 heavy (non-hydrogen) atoms. The highest BCUT2D eigenvalue weighted by atomic mass is 16.2. The Kier molecular flexibility index (Phi) is 6.47. The number of carbonyl (C=O) groups is 2.